The summed E-state index contributed by atoms with van der Waals surface area (Å²) in [5.74, 6) is -1.88. The van der Waals surface area contributed by atoms with Crippen LogP contribution < -0.4 is 5.32 Å². The molecule has 1 aromatic carbocycles. The van der Waals surface area contributed by atoms with Crippen molar-refractivity contribution < 1.29 is 13.6 Å². The third-order valence-corrected chi connectivity index (χ3v) is 4.10. The van der Waals surface area contributed by atoms with Crippen LogP contribution in [0.4, 0.5) is 8.78 Å². The zero-order valence-corrected chi connectivity index (χ0v) is 12.0. The van der Waals surface area contributed by atoms with Crippen LogP contribution in [0.2, 0.25) is 0 Å². The molecular weight excluding hydrogens is 274 g/mol. The molecule has 1 N–H and O–H groups in total. The maximum Gasteiger partial charge on any atom is 0.225 e. The van der Waals surface area contributed by atoms with Gasteiger partial charge in [0.2, 0.25) is 5.91 Å². The highest BCUT2D eigenvalue weighted by Crippen LogP contribution is 2.31. The monoisotopic (exact) mass is 292 g/mol. The summed E-state index contributed by atoms with van der Waals surface area (Å²) >= 11 is 0. The molecular formula is C16H18F2N2O. The fourth-order valence-corrected chi connectivity index (χ4v) is 2.69. The lowest BCUT2D eigenvalue weighted by Gasteiger charge is -2.34. The number of amides is 1. The predicted octanol–water partition coefficient (Wildman–Crippen LogP) is 3.10. The normalized spacial score (nSPS) is 25.1. The van der Waals surface area contributed by atoms with E-state index in [-0.39, 0.29) is 12.0 Å². The number of hydrogen-bond acceptors (Lipinski definition) is 2. The van der Waals surface area contributed by atoms with Crippen LogP contribution in [0.25, 0.3) is 0 Å². The minimum atomic E-state index is -1.00. The Labute approximate surface area is 123 Å². The highest BCUT2D eigenvalue weighted by molar-refractivity contribution is 5.79. The fourth-order valence-electron chi connectivity index (χ4n) is 2.69. The quantitative estimate of drug-likeness (QED) is 0.930. The van der Waals surface area contributed by atoms with Crippen LogP contribution in [-0.4, -0.2) is 11.4 Å². The first kappa shape index (κ1) is 15.4. The Morgan fingerprint density at radius 1 is 1.43 bits per heavy atom. The van der Waals surface area contributed by atoms with Crippen molar-refractivity contribution in [2.75, 3.05) is 0 Å². The predicted molar refractivity (Wildman–Crippen MR) is 74.2 cm³/mol. The second kappa shape index (κ2) is 6.21. The lowest BCUT2D eigenvalue weighted by Crippen LogP contribution is -2.50. The van der Waals surface area contributed by atoms with E-state index in [0.29, 0.717) is 18.8 Å². The van der Waals surface area contributed by atoms with E-state index in [1.807, 2.05) is 0 Å². The largest absolute Gasteiger partial charge is 0.338 e. The van der Waals surface area contributed by atoms with E-state index in [1.54, 1.807) is 0 Å². The van der Waals surface area contributed by atoms with Gasteiger partial charge in [-0.1, -0.05) is 19.1 Å². The van der Waals surface area contributed by atoms with Crippen molar-refractivity contribution in [3.63, 3.8) is 0 Å². The lowest BCUT2D eigenvalue weighted by molar-refractivity contribution is -0.122. The smallest absolute Gasteiger partial charge is 0.225 e. The number of nitrogens with one attached hydrogen (secondary N) is 1. The van der Waals surface area contributed by atoms with Crippen LogP contribution in [0.3, 0.4) is 0 Å². The van der Waals surface area contributed by atoms with Crippen LogP contribution in [0.15, 0.2) is 18.2 Å². The van der Waals surface area contributed by atoms with E-state index in [0.717, 1.165) is 18.9 Å². The van der Waals surface area contributed by atoms with E-state index < -0.39 is 23.1 Å². The molecule has 3 nitrogen and oxygen atoms in total. The van der Waals surface area contributed by atoms with Gasteiger partial charge in [0.05, 0.1) is 12.5 Å². The van der Waals surface area contributed by atoms with Gasteiger partial charge in [-0.25, -0.2) is 8.78 Å². The van der Waals surface area contributed by atoms with Crippen molar-refractivity contribution >= 4 is 5.91 Å². The van der Waals surface area contributed by atoms with Crippen molar-refractivity contribution in [1.82, 2.24) is 5.32 Å². The molecule has 0 bridgehead atoms. The van der Waals surface area contributed by atoms with Gasteiger partial charge < -0.3 is 5.32 Å². The number of carbonyl (C=O) groups excluding carboxylic acids is 1. The molecule has 0 atom stereocenters. The molecule has 1 amide bonds. The summed E-state index contributed by atoms with van der Waals surface area (Å²) in [4.78, 5) is 12.0. The van der Waals surface area contributed by atoms with Crippen LogP contribution in [-0.2, 0) is 11.2 Å². The molecule has 1 aliphatic carbocycles. The number of hydrogen-bond donors (Lipinski definition) is 1. The second-order valence-electron chi connectivity index (χ2n) is 5.81. The number of nitriles is 1. The summed E-state index contributed by atoms with van der Waals surface area (Å²) in [6, 6.07) is 5.93. The van der Waals surface area contributed by atoms with Crippen LogP contribution in [0.5, 0.6) is 0 Å². The minimum absolute atomic E-state index is 0.00441. The van der Waals surface area contributed by atoms with Crippen molar-refractivity contribution in [1.29, 1.82) is 5.26 Å². The van der Waals surface area contributed by atoms with Gasteiger partial charge in [-0.3, -0.25) is 4.79 Å². The summed E-state index contributed by atoms with van der Waals surface area (Å²) in [5.41, 5.74) is -0.863. The molecule has 1 aromatic rings. The molecule has 2 rings (SSSR count). The lowest BCUT2D eigenvalue weighted by atomic mass is 9.78. The van der Waals surface area contributed by atoms with Gasteiger partial charge in [-0.05, 0) is 37.7 Å². The Hall–Kier alpha value is -1.96. The molecule has 0 aromatic heterocycles. The Morgan fingerprint density at radius 3 is 2.71 bits per heavy atom. The molecule has 0 aliphatic heterocycles. The summed E-state index contributed by atoms with van der Waals surface area (Å²) in [5, 5.41) is 12.1. The molecule has 0 saturated heterocycles. The highest BCUT2D eigenvalue weighted by Gasteiger charge is 2.35. The van der Waals surface area contributed by atoms with E-state index in [4.69, 9.17) is 0 Å². The molecule has 112 valence electrons. The van der Waals surface area contributed by atoms with Crippen LogP contribution in [0, 0.1) is 28.9 Å². The molecule has 0 unspecified atom stereocenters. The number of halogens is 2. The Morgan fingerprint density at radius 2 is 2.10 bits per heavy atom. The molecule has 5 heteroatoms. The molecule has 21 heavy (non-hydrogen) atoms. The zero-order chi connectivity index (χ0) is 15.5. The third-order valence-electron chi connectivity index (χ3n) is 4.10. The number of rotatable bonds is 3. The fraction of sp³-hybridized carbons (Fsp3) is 0.500. The average Bonchev–Trinajstić information content (AvgIpc) is 2.47. The van der Waals surface area contributed by atoms with Crippen LogP contribution >= 0.6 is 0 Å². The molecule has 1 saturated carbocycles. The molecule has 1 aliphatic rings. The molecule has 1 fully saturated rings. The average molecular weight is 292 g/mol. The maximum absolute atomic E-state index is 13.5. The Balaban J connectivity index is 2.04. The van der Waals surface area contributed by atoms with Gasteiger partial charge in [0, 0.05) is 5.56 Å². The molecule has 0 heterocycles. The number of carbonyl (C=O) groups is 1. The van der Waals surface area contributed by atoms with Gasteiger partial charge in [0.15, 0.2) is 11.6 Å². The SMILES string of the molecule is CC1CCC(C#N)(NC(=O)Cc2cccc(F)c2F)CC1. The van der Waals surface area contributed by atoms with Gasteiger partial charge in [-0.15, -0.1) is 0 Å². The summed E-state index contributed by atoms with van der Waals surface area (Å²) in [7, 11) is 0. The Kier molecular flexibility index (Phi) is 4.56. The highest BCUT2D eigenvalue weighted by atomic mass is 19.2. The van der Waals surface area contributed by atoms with Crippen LogP contribution in [0.1, 0.15) is 38.2 Å². The maximum atomic E-state index is 13.5. The van der Waals surface area contributed by atoms with Crippen molar-refractivity contribution in [3.05, 3.63) is 35.4 Å². The molecule has 0 spiro atoms. The number of nitrogens with zero attached hydrogens (tertiary/aromatic N) is 1. The van der Waals surface area contributed by atoms with Crippen molar-refractivity contribution in [3.8, 4) is 6.07 Å². The first-order valence-electron chi connectivity index (χ1n) is 7.11. The van der Waals surface area contributed by atoms with Gasteiger partial charge in [0.1, 0.15) is 5.54 Å². The van der Waals surface area contributed by atoms with Gasteiger partial charge >= 0.3 is 0 Å². The zero-order valence-electron chi connectivity index (χ0n) is 12.0. The first-order chi connectivity index (χ1) is 9.96. The van der Waals surface area contributed by atoms with Gasteiger partial charge in [-0.2, -0.15) is 5.26 Å². The Bertz CT molecular complexity index is 572. The molecule has 0 radical (unpaired) electrons. The van der Waals surface area contributed by atoms with Crippen molar-refractivity contribution in [2.45, 2.75) is 44.6 Å². The third kappa shape index (κ3) is 3.57. The van der Waals surface area contributed by atoms with E-state index >= 15 is 0 Å². The standard InChI is InChI=1S/C16H18F2N2O/c1-11-5-7-16(10-19,8-6-11)20-14(21)9-12-3-2-4-13(17)15(12)18/h2-4,11H,5-9H2,1H3,(H,20,21). The van der Waals surface area contributed by atoms with Crippen molar-refractivity contribution in [2.24, 2.45) is 5.92 Å². The van der Waals surface area contributed by atoms with E-state index in [2.05, 4.69) is 18.3 Å². The first-order valence-corrected chi connectivity index (χ1v) is 7.11. The summed E-state index contributed by atoms with van der Waals surface area (Å²) in [6.07, 6.45) is 2.69. The van der Waals surface area contributed by atoms with Gasteiger partial charge in [0.25, 0.3) is 0 Å². The summed E-state index contributed by atoms with van der Waals surface area (Å²) < 4.78 is 26.7. The summed E-state index contributed by atoms with van der Waals surface area (Å²) in [6.45, 7) is 2.12. The topological polar surface area (TPSA) is 52.9 Å². The number of benzene rings is 1. The minimum Gasteiger partial charge on any atom is -0.338 e. The van der Waals surface area contributed by atoms with E-state index in [9.17, 15) is 18.8 Å². The van der Waals surface area contributed by atoms with E-state index in [1.165, 1.54) is 12.1 Å². The second-order valence-corrected chi connectivity index (χ2v) is 5.81.